The van der Waals surface area contributed by atoms with Crippen LogP contribution in [0.2, 0.25) is 5.02 Å². The highest BCUT2D eigenvalue weighted by Crippen LogP contribution is 2.20. The molecule has 0 saturated heterocycles. The van der Waals surface area contributed by atoms with Gasteiger partial charge in [0, 0.05) is 5.02 Å². The molecule has 204 valence electrons. The fourth-order valence-electron chi connectivity index (χ4n) is 4.46. The van der Waals surface area contributed by atoms with Crippen LogP contribution in [0.15, 0.2) is 108 Å². The molecule has 4 aromatic carbocycles. The highest BCUT2D eigenvalue weighted by Gasteiger charge is 2.12. The Bertz CT molecular complexity index is 2010. The summed E-state index contributed by atoms with van der Waals surface area (Å²) in [4.78, 5) is 18.6. The van der Waals surface area contributed by atoms with Crippen molar-refractivity contribution in [3.05, 3.63) is 147 Å². The van der Waals surface area contributed by atoms with E-state index in [1.165, 1.54) is 0 Å². The third kappa shape index (κ3) is 5.97. The summed E-state index contributed by atoms with van der Waals surface area (Å²) in [6.45, 7) is 0.524. The van der Waals surface area contributed by atoms with E-state index in [1.807, 2.05) is 66.7 Å². The SMILES string of the molecule is N#Cc1ccc(/C=C/c2nc3ccc(OCc4cn(-c5cccc(Cl)c5)nn4)cc3c(=O)n2Cc2ccccc2)cc1. The zero-order valence-corrected chi connectivity index (χ0v) is 23.0. The van der Waals surface area contributed by atoms with Crippen molar-refractivity contribution in [3.8, 4) is 17.5 Å². The number of benzene rings is 4. The number of nitriles is 1. The molecule has 2 aromatic heterocycles. The minimum atomic E-state index is -0.180. The zero-order valence-electron chi connectivity index (χ0n) is 22.3. The van der Waals surface area contributed by atoms with Crippen LogP contribution in [-0.4, -0.2) is 24.5 Å². The van der Waals surface area contributed by atoms with Crippen molar-refractivity contribution in [1.82, 2.24) is 24.5 Å². The van der Waals surface area contributed by atoms with E-state index in [1.54, 1.807) is 57.9 Å². The summed E-state index contributed by atoms with van der Waals surface area (Å²) in [5.74, 6) is 1.04. The molecular formula is C33H23ClN6O2. The van der Waals surface area contributed by atoms with Crippen LogP contribution in [0.25, 0.3) is 28.7 Å². The molecule has 0 aliphatic heterocycles. The van der Waals surface area contributed by atoms with E-state index in [0.717, 1.165) is 16.8 Å². The molecule has 0 radical (unpaired) electrons. The molecule has 0 N–H and O–H groups in total. The number of hydrogen-bond acceptors (Lipinski definition) is 6. The normalized spacial score (nSPS) is 11.1. The minimum Gasteiger partial charge on any atom is -0.487 e. The van der Waals surface area contributed by atoms with Crippen LogP contribution in [-0.2, 0) is 13.2 Å². The van der Waals surface area contributed by atoms with E-state index >= 15 is 0 Å². The first kappa shape index (κ1) is 26.7. The van der Waals surface area contributed by atoms with Crippen molar-refractivity contribution in [1.29, 1.82) is 5.26 Å². The first-order chi connectivity index (χ1) is 20.6. The van der Waals surface area contributed by atoms with E-state index in [2.05, 4.69) is 16.4 Å². The maximum atomic E-state index is 13.8. The lowest BCUT2D eigenvalue weighted by Gasteiger charge is -2.12. The second-order valence-corrected chi connectivity index (χ2v) is 9.95. The summed E-state index contributed by atoms with van der Waals surface area (Å²) in [6.07, 6.45) is 5.47. The van der Waals surface area contributed by atoms with E-state index in [-0.39, 0.29) is 12.2 Å². The molecule has 0 fully saturated rings. The first-order valence-corrected chi connectivity index (χ1v) is 13.5. The predicted molar refractivity (Wildman–Crippen MR) is 162 cm³/mol. The molecule has 8 nitrogen and oxygen atoms in total. The van der Waals surface area contributed by atoms with Crippen molar-refractivity contribution < 1.29 is 4.74 Å². The number of rotatable bonds is 8. The number of ether oxygens (including phenoxy) is 1. The smallest absolute Gasteiger partial charge is 0.262 e. The molecule has 6 rings (SSSR count). The molecule has 0 amide bonds. The van der Waals surface area contributed by atoms with Gasteiger partial charge in [0.15, 0.2) is 0 Å². The van der Waals surface area contributed by atoms with Crippen LogP contribution < -0.4 is 10.3 Å². The van der Waals surface area contributed by atoms with E-state index in [0.29, 0.717) is 45.3 Å². The molecule has 0 aliphatic rings. The van der Waals surface area contributed by atoms with Crippen molar-refractivity contribution in [2.75, 3.05) is 0 Å². The van der Waals surface area contributed by atoms with Gasteiger partial charge in [-0.1, -0.05) is 71.4 Å². The van der Waals surface area contributed by atoms with Gasteiger partial charge in [-0.15, -0.1) is 5.10 Å². The van der Waals surface area contributed by atoms with Crippen molar-refractivity contribution in [2.45, 2.75) is 13.2 Å². The summed E-state index contributed by atoms with van der Waals surface area (Å²) < 4.78 is 9.27. The molecule has 0 bridgehead atoms. The number of hydrogen-bond donors (Lipinski definition) is 0. The topological polar surface area (TPSA) is 98.6 Å². The Hall–Kier alpha value is -5.52. The molecule has 9 heteroatoms. The van der Waals surface area contributed by atoms with Gasteiger partial charge in [0.1, 0.15) is 23.9 Å². The Morgan fingerprint density at radius 1 is 0.929 bits per heavy atom. The van der Waals surface area contributed by atoms with Crippen LogP contribution in [0.1, 0.15) is 28.2 Å². The Balaban J connectivity index is 1.30. The van der Waals surface area contributed by atoms with Gasteiger partial charge in [-0.05, 0) is 65.7 Å². The Morgan fingerprint density at radius 2 is 1.76 bits per heavy atom. The van der Waals surface area contributed by atoms with E-state index < -0.39 is 0 Å². The average Bonchev–Trinajstić information content (AvgIpc) is 3.51. The van der Waals surface area contributed by atoms with Gasteiger partial charge in [0.25, 0.3) is 5.56 Å². The monoisotopic (exact) mass is 570 g/mol. The Kier molecular flexibility index (Phi) is 7.58. The van der Waals surface area contributed by atoms with Crippen molar-refractivity contribution in [2.24, 2.45) is 0 Å². The largest absolute Gasteiger partial charge is 0.487 e. The zero-order chi connectivity index (χ0) is 28.9. The second-order valence-electron chi connectivity index (χ2n) is 9.52. The van der Waals surface area contributed by atoms with Gasteiger partial charge < -0.3 is 4.74 Å². The first-order valence-electron chi connectivity index (χ1n) is 13.1. The lowest BCUT2D eigenvalue weighted by Crippen LogP contribution is -2.24. The standard InChI is InChI=1S/C33H23ClN6O2/c34-26-7-4-8-28(17-26)40-21-27(37-38-40)22-42-29-14-15-31-30(18-29)33(41)39(20-25-5-2-1-3-6-25)32(36-31)16-13-23-9-11-24(19-35)12-10-23/h1-18,21H,20,22H2/b16-13+. The van der Waals surface area contributed by atoms with Crippen molar-refractivity contribution in [3.63, 3.8) is 0 Å². The quantitative estimate of drug-likeness (QED) is 0.213. The van der Waals surface area contributed by atoms with Crippen LogP contribution in [0.3, 0.4) is 0 Å². The summed E-state index contributed by atoms with van der Waals surface area (Å²) in [7, 11) is 0. The summed E-state index contributed by atoms with van der Waals surface area (Å²) in [5.41, 5.74) is 4.25. The summed E-state index contributed by atoms with van der Waals surface area (Å²) in [6, 6.07) is 31.7. The van der Waals surface area contributed by atoms with Crippen LogP contribution in [0, 0.1) is 11.3 Å². The van der Waals surface area contributed by atoms with Crippen molar-refractivity contribution >= 4 is 34.7 Å². The Labute approximate surface area is 246 Å². The van der Waals surface area contributed by atoms with Gasteiger partial charge in [0.05, 0.1) is 41.0 Å². The number of fused-ring (bicyclic) bond motifs is 1. The maximum absolute atomic E-state index is 13.8. The third-order valence-corrected chi connectivity index (χ3v) is 6.84. The van der Waals surface area contributed by atoms with Crippen LogP contribution in [0.4, 0.5) is 0 Å². The van der Waals surface area contributed by atoms with Gasteiger partial charge in [-0.3, -0.25) is 9.36 Å². The lowest BCUT2D eigenvalue weighted by molar-refractivity contribution is 0.301. The molecule has 6 aromatic rings. The predicted octanol–water partition coefficient (Wildman–Crippen LogP) is 6.30. The van der Waals surface area contributed by atoms with Gasteiger partial charge in [0.2, 0.25) is 0 Å². The highest BCUT2D eigenvalue weighted by atomic mass is 35.5. The molecule has 0 spiro atoms. The highest BCUT2D eigenvalue weighted by molar-refractivity contribution is 6.30. The molecule has 42 heavy (non-hydrogen) atoms. The number of nitrogens with zero attached hydrogens (tertiary/aromatic N) is 6. The number of halogens is 1. The number of aromatic nitrogens is 5. The minimum absolute atomic E-state index is 0.170. The fraction of sp³-hybridized carbons (Fsp3) is 0.0606. The average molecular weight is 571 g/mol. The fourth-order valence-corrected chi connectivity index (χ4v) is 4.64. The maximum Gasteiger partial charge on any atom is 0.262 e. The van der Waals surface area contributed by atoms with Gasteiger partial charge in [-0.25, -0.2) is 9.67 Å². The Morgan fingerprint density at radius 3 is 2.55 bits per heavy atom. The molecule has 0 atom stereocenters. The van der Waals surface area contributed by atoms with Crippen LogP contribution >= 0.6 is 11.6 Å². The molecule has 0 saturated carbocycles. The molecular weight excluding hydrogens is 548 g/mol. The molecule has 0 unspecified atom stereocenters. The van der Waals surface area contributed by atoms with E-state index in [4.69, 9.17) is 26.6 Å². The molecule has 2 heterocycles. The molecule has 0 aliphatic carbocycles. The van der Waals surface area contributed by atoms with E-state index in [9.17, 15) is 4.79 Å². The lowest BCUT2D eigenvalue weighted by atomic mass is 10.1. The van der Waals surface area contributed by atoms with Gasteiger partial charge in [-0.2, -0.15) is 5.26 Å². The second kappa shape index (κ2) is 11.9. The van der Waals surface area contributed by atoms with Crippen LogP contribution in [0.5, 0.6) is 5.75 Å². The summed E-state index contributed by atoms with van der Waals surface area (Å²) >= 11 is 6.09. The summed E-state index contributed by atoms with van der Waals surface area (Å²) in [5, 5.41) is 18.5. The third-order valence-electron chi connectivity index (χ3n) is 6.60. The van der Waals surface area contributed by atoms with Gasteiger partial charge >= 0.3 is 0 Å².